The van der Waals surface area contributed by atoms with E-state index in [9.17, 15) is 9.90 Å². The maximum atomic E-state index is 12.2. The van der Waals surface area contributed by atoms with E-state index in [-0.39, 0.29) is 5.78 Å². The summed E-state index contributed by atoms with van der Waals surface area (Å²) in [7, 11) is 1.52. The van der Waals surface area contributed by atoms with Crippen molar-refractivity contribution in [2.45, 2.75) is 18.9 Å². The second-order valence-corrected chi connectivity index (χ2v) is 4.60. The van der Waals surface area contributed by atoms with Crippen molar-refractivity contribution in [3.63, 3.8) is 0 Å². The highest BCUT2D eigenvalue weighted by molar-refractivity contribution is 6.01. The monoisotopic (exact) mass is 270 g/mol. The van der Waals surface area contributed by atoms with Crippen molar-refractivity contribution in [2.75, 3.05) is 7.11 Å². The molecular formula is C17H18O3. The molecule has 0 amide bonds. The molecule has 0 aliphatic heterocycles. The number of aliphatic hydroxyl groups is 1. The molecule has 0 aliphatic carbocycles. The standard InChI is InChI=1S/C17H18O3/c1-20-16-10-6-5-9-14(16)17(19)15(18)12-11-13-7-3-2-4-8-13/h2-10,15,18H,11-12H2,1H3. The van der Waals surface area contributed by atoms with Gasteiger partial charge in [-0.25, -0.2) is 0 Å². The van der Waals surface area contributed by atoms with E-state index in [1.54, 1.807) is 24.3 Å². The molecule has 1 unspecified atom stereocenters. The fraction of sp³-hybridized carbons (Fsp3) is 0.235. The first-order valence-corrected chi connectivity index (χ1v) is 6.61. The Morgan fingerprint density at radius 3 is 2.45 bits per heavy atom. The second kappa shape index (κ2) is 6.87. The van der Waals surface area contributed by atoms with Crippen LogP contribution in [0.4, 0.5) is 0 Å². The molecule has 104 valence electrons. The Labute approximate surface area is 118 Å². The van der Waals surface area contributed by atoms with Gasteiger partial charge in [0.25, 0.3) is 0 Å². The number of benzene rings is 2. The van der Waals surface area contributed by atoms with Crippen molar-refractivity contribution in [3.05, 3.63) is 65.7 Å². The van der Waals surface area contributed by atoms with Gasteiger partial charge in [0.05, 0.1) is 12.7 Å². The number of hydrogen-bond donors (Lipinski definition) is 1. The summed E-state index contributed by atoms with van der Waals surface area (Å²) in [4.78, 5) is 12.2. The summed E-state index contributed by atoms with van der Waals surface area (Å²) < 4.78 is 5.15. The van der Waals surface area contributed by atoms with Crippen LogP contribution in [0.5, 0.6) is 5.75 Å². The smallest absolute Gasteiger partial charge is 0.194 e. The highest BCUT2D eigenvalue weighted by Gasteiger charge is 2.20. The van der Waals surface area contributed by atoms with Gasteiger partial charge in [-0.3, -0.25) is 4.79 Å². The van der Waals surface area contributed by atoms with Gasteiger partial charge in [-0.05, 0) is 30.5 Å². The van der Waals surface area contributed by atoms with Crippen LogP contribution in [-0.4, -0.2) is 24.1 Å². The predicted molar refractivity (Wildman–Crippen MR) is 78.1 cm³/mol. The van der Waals surface area contributed by atoms with Crippen LogP contribution in [0.2, 0.25) is 0 Å². The Kier molecular flexibility index (Phi) is 4.91. The Morgan fingerprint density at radius 1 is 1.10 bits per heavy atom. The molecule has 20 heavy (non-hydrogen) atoms. The van der Waals surface area contributed by atoms with Crippen LogP contribution in [0.25, 0.3) is 0 Å². The average molecular weight is 270 g/mol. The van der Waals surface area contributed by atoms with Gasteiger partial charge in [-0.15, -0.1) is 0 Å². The lowest BCUT2D eigenvalue weighted by atomic mass is 9.99. The van der Waals surface area contributed by atoms with Crippen LogP contribution in [0.1, 0.15) is 22.3 Å². The molecule has 2 aromatic rings. The summed E-state index contributed by atoms with van der Waals surface area (Å²) in [6.45, 7) is 0. The SMILES string of the molecule is COc1ccccc1C(=O)C(O)CCc1ccccc1. The molecule has 0 aliphatic rings. The first-order valence-electron chi connectivity index (χ1n) is 6.61. The van der Waals surface area contributed by atoms with Gasteiger partial charge in [0.1, 0.15) is 11.9 Å². The third-order valence-electron chi connectivity index (χ3n) is 3.22. The first kappa shape index (κ1) is 14.3. The summed E-state index contributed by atoms with van der Waals surface area (Å²) in [6.07, 6.45) is 0.0653. The number of aryl methyl sites for hydroxylation is 1. The largest absolute Gasteiger partial charge is 0.496 e. The Morgan fingerprint density at radius 2 is 1.75 bits per heavy atom. The molecule has 0 heterocycles. The van der Waals surface area contributed by atoms with Crippen molar-refractivity contribution in [2.24, 2.45) is 0 Å². The van der Waals surface area contributed by atoms with Crippen molar-refractivity contribution >= 4 is 5.78 Å². The average Bonchev–Trinajstić information content (AvgIpc) is 2.52. The van der Waals surface area contributed by atoms with Crippen molar-refractivity contribution in [3.8, 4) is 5.75 Å². The molecular weight excluding hydrogens is 252 g/mol. The summed E-state index contributed by atoms with van der Waals surface area (Å²) in [5.41, 5.74) is 1.54. The number of Topliss-reactive ketones (excluding diaryl/α,β-unsaturated/α-hetero) is 1. The molecule has 0 bridgehead atoms. The highest BCUT2D eigenvalue weighted by atomic mass is 16.5. The van der Waals surface area contributed by atoms with E-state index in [0.29, 0.717) is 24.2 Å². The predicted octanol–water partition coefficient (Wildman–Crippen LogP) is 2.87. The van der Waals surface area contributed by atoms with Gasteiger partial charge < -0.3 is 9.84 Å². The topological polar surface area (TPSA) is 46.5 Å². The van der Waals surface area contributed by atoms with Crippen LogP contribution >= 0.6 is 0 Å². The summed E-state index contributed by atoms with van der Waals surface area (Å²) in [5.74, 6) is 0.203. The van der Waals surface area contributed by atoms with E-state index in [1.807, 2.05) is 30.3 Å². The molecule has 3 nitrogen and oxygen atoms in total. The summed E-state index contributed by atoms with van der Waals surface area (Å²) in [5, 5.41) is 10.0. The van der Waals surface area contributed by atoms with Gasteiger partial charge in [0.2, 0.25) is 0 Å². The molecule has 0 saturated carbocycles. The number of para-hydroxylation sites is 1. The van der Waals surface area contributed by atoms with Crippen LogP contribution < -0.4 is 4.74 Å². The molecule has 0 saturated heterocycles. The molecule has 0 aromatic heterocycles. The number of carbonyl (C=O) groups excluding carboxylic acids is 1. The van der Waals surface area contributed by atoms with Crippen molar-refractivity contribution in [1.29, 1.82) is 0 Å². The van der Waals surface area contributed by atoms with E-state index < -0.39 is 6.10 Å². The van der Waals surface area contributed by atoms with Gasteiger partial charge in [-0.2, -0.15) is 0 Å². The van der Waals surface area contributed by atoms with Gasteiger partial charge in [-0.1, -0.05) is 42.5 Å². The van der Waals surface area contributed by atoms with Gasteiger partial charge >= 0.3 is 0 Å². The number of carbonyl (C=O) groups is 1. The van der Waals surface area contributed by atoms with E-state index in [0.717, 1.165) is 5.56 Å². The third-order valence-corrected chi connectivity index (χ3v) is 3.22. The van der Waals surface area contributed by atoms with Crippen LogP contribution in [-0.2, 0) is 6.42 Å². The van der Waals surface area contributed by atoms with E-state index in [4.69, 9.17) is 4.74 Å². The molecule has 2 aromatic carbocycles. The summed E-state index contributed by atoms with van der Waals surface area (Å²) >= 11 is 0. The minimum atomic E-state index is -1.01. The Hall–Kier alpha value is -2.13. The second-order valence-electron chi connectivity index (χ2n) is 4.60. The zero-order valence-corrected chi connectivity index (χ0v) is 11.5. The maximum Gasteiger partial charge on any atom is 0.194 e. The zero-order chi connectivity index (χ0) is 14.4. The number of ether oxygens (including phenoxy) is 1. The minimum Gasteiger partial charge on any atom is -0.496 e. The highest BCUT2D eigenvalue weighted by Crippen LogP contribution is 2.20. The van der Waals surface area contributed by atoms with E-state index >= 15 is 0 Å². The molecule has 0 spiro atoms. The normalized spacial score (nSPS) is 11.9. The van der Waals surface area contributed by atoms with E-state index in [1.165, 1.54) is 7.11 Å². The van der Waals surface area contributed by atoms with Crippen molar-refractivity contribution < 1.29 is 14.6 Å². The maximum absolute atomic E-state index is 12.2. The molecule has 2 rings (SSSR count). The molecule has 3 heteroatoms. The number of aliphatic hydroxyl groups excluding tert-OH is 1. The quantitative estimate of drug-likeness (QED) is 0.821. The van der Waals surface area contributed by atoms with Crippen LogP contribution in [0.15, 0.2) is 54.6 Å². The van der Waals surface area contributed by atoms with Gasteiger partial charge in [0, 0.05) is 0 Å². The number of methoxy groups -OCH3 is 1. The number of rotatable bonds is 6. The van der Waals surface area contributed by atoms with Crippen molar-refractivity contribution in [1.82, 2.24) is 0 Å². The minimum absolute atomic E-state index is 0.293. The first-order chi connectivity index (χ1) is 9.72. The van der Waals surface area contributed by atoms with Gasteiger partial charge in [0.15, 0.2) is 5.78 Å². The Balaban J connectivity index is 2.02. The molecule has 0 radical (unpaired) electrons. The lowest BCUT2D eigenvalue weighted by molar-refractivity contribution is 0.0728. The van der Waals surface area contributed by atoms with Crippen LogP contribution in [0.3, 0.4) is 0 Å². The third kappa shape index (κ3) is 3.45. The number of ketones is 1. The lowest BCUT2D eigenvalue weighted by Crippen LogP contribution is -2.21. The fourth-order valence-corrected chi connectivity index (χ4v) is 2.11. The zero-order valence-electron chi connectivity index (χ0n) is 11.5. The number of hydrogen-bond acceptors (Lipinski definition) is 3. The fourth-order valence-electron chi connectivity index (χ4n) is 2.11. The lowest BCUT2D eigenvalue weighted by Gasteiger charge is -2.12. The molecule has 0 fully saturated rings. The Bertz CT molecular complexity index is 563. The van der Waals surface area contributed by atoms with Crippen LogP contribution in [0, 0.1) is 0 Å². The molecule has 1 atom stereocenters. The summed E-state index contributed by atoms with van der Waals surface area (Å²) in [6, 6.07) is 16.8. The van der Waals surface area contributed by atoms with E-state index in [2.05, 4.69) is 0 Å². The molecule has 1 N–H and O–H groups in total.